The van der Waals surface area contributed by atoms with Crippen LogP contribution in [0.4, 0.5) is 0 Å². The van der Waals surface area contributed by atoms with E-state index in [-0.39, 0.29) is 0 Å². The van der Waals surface area contributed by atoms with Gasteiger partial charge in [-0.15, -0.1) is 0 Å². The van der Waals surface area contributed by atoms with Crippen LogP contribution in [0.15, 0.2) is 10.2 Å². The molecule has 0 N–H and O–H groups in total. The molecular formula is C17H32N2. The molecule has 2 aliphatic carbocycles. The van der Waals surface area contributed by atoms with Crippen LogP contribution in [-0.2, 0) is 0 Å². The zero-order chi connectivity index (χ0) is 13.2. The zero-order valence-electron chi connectivity index (χ0n) is 12.7. The van der Waals surface area contributed by atoms with Crippen LogP contribution < -0.4 is 0 Å². The summed E-state index contributed by atoms with van der Waals surface area (Å²) < 4.78 is 0. The van der Waals surface area contributed by atoms with Gasteiger partial charge in [-0.25, -0.2) is 0 Å². The first kappa shape index (κ1) is 15.0. The van der Waals surface area contributed by atoms with E-state index in [0.29, 0.717) is 12.1 Å². The van der Waals surface area contributed by atoms with Crippen LogP contribution in [0.2, 0.25) is 0 Å². The van der Waals surface area contributed by atoms with Gasteiger partial charge in [0.1, 0.15) is 0 Å². The first-order valence-electron chi connectivity index (χ1n) is 8.85. The van der Waals surface area contributed by atoms with Gasteiger partial charge in [-0.05, 0) is 25.7 Å². The minimum atomic E-state index is 0.542. The Hall–Kier alpha value is -0.400. The molecule has 0 aromatic heterocycles. The Kier molecular flexibility index (Phi) is 7.50. The molecule has 110 valence electrons. The van der Waals surface area contributed by atoms with E-state index in [2.05, 4.69) is 5.11 Å². The summed E-state index contributed by atoms with van der Waals surface area (Å²) in [6, 6.07) is 1.10. The molecule has 0 aromatic carbocycles. The molecular weight excluding hydrogens is 232 g/mol. The van der Waals surface area contributed by atoms with Crippen molar-refractivity contribution in [3.05, 3.63) is 0 Å². The van der Waals surface area contributed by atoms with Crippen molar-refractivity contribution >= 4 is 0 Å². The van der Waals surface area contributed by atoms with Crippen molar-refractivity contribution in [3.63, 3.8) is 0 Å². The maximum absolute atomic E-state index is 4.74. The van der Waals surface area contributed by atoms with Gasteiger partial charge >= 0.3 is 0 Å². The molecule has 19 heavy (non-hydrogen) atoms. The molecule has 0 amide bonds. The number of rotatable bonds is 2. The van der Waals surface area contributed by atoms with E-state index in [9.17, 15) is 0 Å². The maximum atomic E-state index is 4.74. The van der Waals surface area contributed by atoms with Crippen LogP contribution in [0.25, 0.3) is 0 Å². The van der Waals surface area contributed by atoms with Gasteiger partial charge in [0.25, 0.3) is 0 Å². The zero-order valence-corrected chi connectivity index (χ0v) is 12.7. The second kappa shape index (κ2) is 9.50. The van der Waals surface area contributed by atoms with Gasteiger partial charge in [0, 0.05) is 0 Å². The third-order valence-electron chi connectivity index (χ3n) is 4.79. The predicted octanol–water partition coefficient (Wildman–Crippen LogP) is 6.05. The Morgan fingerprint density at radius 1 is 0.368 bits per heavy atom. The lowest BCUT2D eigenvalue weighted by Crippen LogP contribution is -2.11. The number of hydrogen-bond donors (Lipinski definition) is 0. The van der Waals surface area contributed by atoms with Crippen LogP contribution in [-0.4, -0.2) is 12.1 Å². The lowest BCUT2D eigenvalue weighted by Gasteiger charge is -2.18. The molecule has 0 spiro atoms. The molecule has 0 saturated heterocycles. The largest absolute Gasteiger partial charge is 0.191 e. The lowest BCUT2D eigenvalue weighted by atomic mass is 9.96. The Morgan fingerprint density at radius 3 is 1.00 bits per heavy atom. The predicted molar refractivity (Wildman–Crippen MR) is 81.7 cm³/mol. The standard InChI is InChI=1S/C17H32N2/c1-2-4-6-9-13-16(12-8-5-3-1)18-19-17-14-10-7-11-15-17/h16-17H,1-15H2. The Balaban J connectivity index is 1.75. The van der Waals surface area contributed by atoms with Crippen molar-refractivity contribution < 1.29 is 0 Å². The van der Waals surface area contributed by atoms with Crippen molar-refractivity contribution in [2.45, 2.75) is 108 Å². The second-order valence-corrected chi connectivity index (χ2v) is 6.58. The Morgan fingerprint density at radius 2 is 0.632 bits per heavy atom. The summed E-state index contributed by atoms with van der Waals surface area (Å²) in [6.07, 6.45) is 20.6. The summed E-state index contributed by atoms with van der Waals surface area (Å²) in [5.41, 5.74) is 0. The molecule has 0 aromatic rings. The molecule has 0 radical (unpaired) electrons. The average Bonchev–Trinajstić information content (AvgIpc) is 2.52. The summed E-state index contributed by atoms with van der Waals surface area (Å²) in [4.78, 5) is 0. The molecule has 0 heterocycles. The van der Waals surface area contributed by atoms with Gasteiger partial charge in [-0.1, -0.05) is 70.6 Å². The fourth-order valence-corrected chi connectivity index (χ4v) is 3.47. The average molecular weight is 264 g/mol. The first-order chi connectivity index (χ1) is 9.45. The van der Waals surface area contributed by atoms with Crippen LogP contribution in [0.5, 0.6) is 0 Å². The van der Waals surface area contributed by atoms with Crippen LogP contribution in [0.3, 0.4) is 0 Å². The summed E-state index contributed by atoms with van der Waals surface area (Å²) in [6.45, 7) is 0. The highest BCUT2D eigenvalue weighted by Gasteiger charge is 2.13. The number of azo groups is 1. The van der Waals surface area contributed by atoms with Gasteiger partial charge < -0.3 is 0 Å². The van der Waals surface area contributed by atoms with Crippen LogP contribution >= 0.6 is 0 Å². The normalized spacial score (nSPS) is 26.3. The third-order valence-corrected chi connectivity index (χ3v) is 4.79. The smallest absolute Gasteiger partial charge is 0.0708 e. The molecule has 0 unspecified atom stereocenters. The SMILES string of the molecule is C1CCCCCC(N=NC2CCCCC2)CCCC1. The van der Waals surface area contributed by atoms with E-state index in [1.807, 2.05) is 0 Å². The van der Waals surface area contributed by atoms with E-state index < -0.39 is 0 Å². The van der Waals surface area contributed by atoms with E-state index >= 15 is 0 Å². The van der Waals surface area contributed by atoms with E-state index in [0.717, 1.165) is 0 Å². The highest BCUT2D eigenvalue weighted by molar-refractivity contribution is 4.72. The molecule has 2 heteroatoms. The molecule has 2 fully saturated rings. The molecule has 2 rings (SSSR count). The quantitative estimate of drug-likeness (QED) is 0.542. The molecule has 2 nitrogen and oxygen atoms in total. The van der Waals surface area contributed by atoms with E-state index in [4.69, 9.17) is 5.11 Å². The summed E-state index contributed by atoms with van der Waals surface area (Å²) >= 11 is 0. The highest BCUT2D eigenvalue weighted by atomic mass is 15.1. The van der Waals surface area contributed by atoms with Crippen LogP contribution in [0.1, 0.15) is 96.3 Å². The van der Waals surface area contributed by atoms with E-state index in [1.165, 1.54) is 96.3 Å². The highest BCUT2D eigenvalue weighted by Crippen LogP contribution is 2.23. The second-order valence-electron chi connectivity index (χ2n) is 6.58. The summed E-state index contributed by atoms with van der Waals surface area (Å²) in [7, 11) is 0. The lowest BCUT2D eigenvalue weighted by molar-refractivity contribution is 0.409. The van der Waals surface area contributed by atoms with Crippen molar-refractivity contribution in [2.75, 3.05) is 0 Å². The molecule has 0 aliphatic heterocycles. The van der Waals surface area contributed by atoms with Gasteiger partial charge in [0.05, 0.1) is 12.1 Å². The minimum absolute atomic E-state index is 0.542. The third kappa shape index (κ3) is 6.54. The molecule has 0 bridgehead atoms. The Labute approximate surface area is 119 Å². The van der Waals surface area contributed by atoms with E-state index in [1.54, 1.807) is 0 Å². The molecule has 2 aliphatic rings. The summed E-state index contributed by atoms with van der Waals surface area (Å²) in [5, 5.41) is 9.42. The fourth-order valence-electron chi connectivity index (χ4n) is 3.47. The number of nitrogens with zero attached hydrogens (tertiary/aromatic N) is 2. The van der Waals surface area contributed by atoms with Crippen molar-refractivity contribution in [1.29, 1.82) is 0 Å². The maximum Gasteiger partial charge on any atom is 0.0708 e. The molecule has 0 atom stereocenters. The van der Waals surface area contributed by atoms with Gasteiger partial charge in [-0.3, -0.25) is 0 Å². The fraction of sp³-hybridized carbons (Fsp3) is 1.00. The first-order valence-corrected chi connectivity index (χ1v) is 8.85. The topological polar surface area (TPSA) is 24.7 Å². The monoisotopic (exact) mass is 264 g/mol. The summed E-state index contributed by atoms with van der Waals surface area (Å²) in [5.74, 6) is 0. The van der Waals surface area contributed by atoms with Gasteiger partial charge in [-0.2, -0.15) is 10.2 Å². The van der Waals surface area contributed by atoms with Gasteiger partial charge in [0.2, 0.25) is 0 Å². The van der Waals surface area contributed by atoms with Crippen molar-refractivity contribution in [3.8, 4) is 0 Å². The van der Waals surface area contributed by atoms with Crippen molar-refractivity contribution in [2.24, 2.45) is 10.2 Å². The molecule has 2 saturated carbocycles. The van der Waals surface area contributed by atoms with Gasteiger partial charge in [0.15, 0.2) is 0 Å². The van der Waals surface area contributed by atoms with Crippen molar-refractivity contribution in [1.82, 2.24) is 0 Å². The van der Waals surface area contributed by atoms with Crippen LogP contribution in [0, 0.1) is 0 Å². The minimum Gasteiger partial charge on any atom is -0.191 e. The Bertz CT molecular complexity index is 232. The number of hydrogen-bond acceptors (Lipinski definition) is 2.